The molecule has 2 aromatic carbocycles. The lowest BCUT2D eigenvalue weighted by atomic mass is 10.0. The first-order valence-corrected chi connectivity index (χ1v) is 7.84. The zero-order chi connectivity index (χ0) is 16.5. The molecular weight excluding hydrogens is 296 g/mol. The van der Waals surface area contributed by atoms with Crippen molar-refractivity contribution in [3.05, 3.63) is 72.4 Å². The molecule has 0 aliphatic rings. The van der Waals surface area contributed by atoms with Gasteiger partial charge >= 0.3 is 0 Å². The van der Waals surface area contributed by atoms with Crippen molar-refractivity contribution < 1.29 is 0 Å². The van der Waals surface area contributed by atoms with Gasteiger partial charge in [-0.25, -0.2) is 15.0 Å². The lowest BCUT2D eigenvalue weighted by Crippen LogP contribution is -1.98. The molecule has 0 aliphatic heterocycles. The molecule has 0 fully saturated rings. The predicted molar refractivity (Wildman–Crippen MR) is 95.5 cm³/mol. The van der Waals surface area contributed by atoms with Crippen molar-refractivity contribution in [1.82, 2.24) is 19.9 Å². The van der Waals surface area contributed by atoms with Crippen LogP contribution in [0, 0.1) is 13.8 Å². The van der Waals surface area contributed by atoms with Gasteiger partial charge in [-0.1, -0.05) is 42.5 Å². The van der Waals surface area contributed by atoms with Gasteiger partial charge in [-0.15, -0.1) is 0 Å². The van der Waals surface area contributed by atoms with Gasteiger partial charge in [0.25, 0.3) is 0 Å². The van der Waals surface area contributed by atoms with E-state index in [1.54, 1.807) is 0 Å². The van der Waals surface area contributed by atoms with Gasteiger partial charge in [0.15, 0.2) is 5.82 Å². The number of fused-ring (bicyclic) bond motifs is 1. The van der Waals surface area contributed by atoms with Crippen molar-refractivity contribution in [1.29, 1.82) is 0 Å². The summed E-state index contributed by atoms with van der Waals surface area (Å²) in [6, 6.07) is 18.5. The van der Waals surface area contributed by atoms with E-state index in [0.717, 1.165) is 33.9 Å². The summed E-state index contributed by atoms with van der Waals surface area (Å²) < 4.78 is 0. The van der Waals surface area contributed by atoms with E-state index in [0.29, 0.717) is 5.82 Å². The molecule has 0 saturated carbocycles. The fourth-order valence-electron chi connectivity index (χ4n) is 2.80. The second-order valence-corrected chi connectivity index (χ2v) is 5.75. The van der Waals surface area contributed by atoms with Gasteiger partial charge in [-0.3, -0.25) is 4.98 Å². The predicted octanol–water partition coefficient (Wildman–Crippen LogP) is 4.37. The monoisotopic (exact) mass is 312 g/mol. The molecule has 4 rings (SSSR count). The van der Waals surface area contributed by atoms with E-state index in [1.165, 1.54) is 5.39 Å². The summed E-state index contributed by atoms with van der Waals surface area (Å²) >= 11 is 0. The SMILES string of the molecule is Cc1nc(C)nc(-c2cccc(-c3cc4ccccc4cn3)c2)n1. The third kappa shape index (κ3) is 2.74. The molecule has 24 heavy (non-hydrogen) atoms. The third-order valence-corrected chi connectivity index (χ3v) is 3.91. The van der Waals surface area contributed by atoms with Crippen molar-refractivity contribution in [2.24, 2.45) is 0 Å². The topological polar surface area (TPSA) is 51.6 Å². The van der Waals surface area contributed by atoms with E-state index in [4.69, 9.17) is 0 Å². The molecule has 0 unspecified atom stereocenters. The number of pyridine rings is 1. The van der Waals surface area contributed by atoms with Crippen LogP contribution in [0.3, 0.4) is 0 Å². The molecule has 0 radical (unpaired) electrons. The van der Waals surface area contributed by atoms with E-state index >= 15 is 0 Å². The normalized spacial score (nSPS) is 10.9. The number of aromatic nitrogens is 4. The summed E-state index contributed by atoms with van der Waals surface area (Å²) in [5.41, 5.74) is 2.96. The maximum absolute atomic E-state index is 4.59. The number of hydrogen-bond donors (Lipinski definition) is 0. The van der Waals surface area contributed by atoms with E-state index < -0.39 is 0 Å². The van der Waals surface area contributed by atoms with Gasteiger partial charge in [0, 0.05) is 22.7 Å². The number of nitrogens with zero attached hydrogens (tertiary/aromatic N) is 4. The average molecular weight is 312 g/mol. The minimum absolute atomic E-state index is 0.697. The van der Waals surface area contributed by atoms with Gasteiger partial charge in [0.1, 0.15) is 11.6 Å². The Hall–Kier alpha value is -3.14. The highest BCUT2D eigenvalue weighted by Crippen LogP contribution is 2.25. The Labute approximate surface area is 140 Å². The van der Waals surface area contributed by atoms with Gasteiger partial charge in [-0.05, 0) is 31.4 Å². The van der Waals surface area contributed by atoms with Crippen molar-refractivity contribution in [3.63, 3.8) is 0 Å². The van der Waals surface area contributed by atoms with Crippen LogP contribution < -0.4 is 0 Å². The first-order valence-electron chi connectivity index (χ1n) is 7.84. The molecule has 2 aromatic heterocycles. The van der Waals surface area contributed by atoms with E-state index in [2.05, 4.69) is 50.3 Å². The highest BCUT2D eigenvalue weighted by Gasteiger charge is 2.07. The summed E-state index contributed by atoms with van der Waals surface area (Å²) in [6.07, 6.45) is 1.91. The molecule has 4 nitrogen and oxygen atoms in total. The Morgan fingerprint density at radius 2 is 1.38 bits per heavy atom. The Morgan fingerprint density at radius 1 is 0.667 bits per heavy atom. The van der Waals surface area contributed by atoms with Crippen LogP contribution in [0.4, 0.5) is 0 Å². The number of rotatable bonds is 2. The quantitative estimate of drug-likeness (QED) is 0.551. The van der Waals surface area contributed by atoms with Crippen molar-refractivity contribution >= 4 is 10.8 Å². The summed E-state index contributed by atoms with van der Waals surface area (Å²) in [5, 5.41) is 2.32. The zero-order valence-corrected chi connectivity index (χ0v) is 13.6. The molecule has 0 amide bonds. The van der Waals surface area contributed by atoms with Gasteiger partial charge in [-0.2, -0.15) is 0 Å². The second-order valence-electron chi connectivity index (χ2n) is 5.75. The first kappa shape index (κ1) is 14.5. The second kappa shape index (κ2) is 5.81. The van der Waals surface area contributed by atoms with Crippen molar-refractivity contribution in [3.8, 4) is 22.6 Å². The van der Waals surface area contributed by atoms with Gasteiger partial charge < -0.3 is 0 Å². The van der Waals surface area contributed by atoms with Crippen LogP contribution in [0.15, 0.2) is 60.8 Å². The Bertz CT molecular complexity index is 1020. The van der Waals surface area contributed by atoms with E-state index in [1.807, 2.05) is 44.3 Å². The lowest BCUT2D eigenvalue weighted by molar-refractivity contribution is 0.928. The van der Waals surface area contributed by atoms with E-state index in [-0.39, 0.29) is 0 Å². The number of hydrogen-bond acceptors (Lipinski definition) is 4. The number of benzene rings is 2. The summed E-state index contributed by atoms with van der Waals surface area (Å²) in [5.74, 6) is 2.15. The van der Waals surface area contributed by atoms with Crippen LogP contribution in [0.1, 0.15) is 11.6 Å². The molecule has 0 spiro atoms. The summed E-state index contributed by atoms with van der Waals surface area (Å²) in [4.78, 5) is 17.7. The fourth-order valence-corrected chi connectivity index (χ4v) is 2.80. The minimum Gasteiger partial charge on any atom is -0.256 e. The minimum atomic E-state index is 0.697. The van der Waals surface area contributed by atoms with Crippen LogP contribution in [-0.2, 0) is 0 Å². The molecular formula is C20H16N4. The molecule has 2 heterocycles. The van der Waals surface area contributed by atoms with Gasteiger partial charge in [0.2, 0.25) is 0 Å². The standard InChI is InChI=1S/C20H16N4/c1-13-22-14(2)24-20(23-13)17-9-5-8-16(10-17)19-11-15-6-3-4-7-18(15)12-21-19/h3-12H,1-2H3. The molecule has 4 heteroatoms. The van der Waals surface area contributed by atoms with Crippen molar-refractivity contribution in [2.75, 3.05) is 0 Å². The molecule has 0 atom stereocenters. The first-order chi connectivity index (χ1) is 11.7. The zero-order valence-electron chi connectivity index (χ0n) is 13.6. The van der Waals surface area contributed by atoms with Crippen LogP contribution in [0.2, 0.25) is 0 Å². The van der Waals surface area contributed by atoms with Gasteiger partial charge in [0.05, 0.1) is 5.69 Å². The smallest absolute Gasteiger partial charge is 0.163 e. The average Bonchev–Trinajstić information content (AvgIpc) is 2.60. The maximum Gasteiger partial charge on any atom is 0.163 e. The maximum atomic E-state index is 4.59. The lowest BCUT2D eigenvalue weighted by Gasteiger charge is -2.06. The summed E-state index contributed by atoms with van der Waals surface area (Å²) in [7, 11) is 0. The number of aryl methyl sites for hydroxylation is 2. The molecule has 116 valence electrons. The van der Waals surface area contributed by atoms with Crippen LogP contribution in [0.25, 0.3) is 33.4 Å². The van der Waals surface area contributed by atoms with Crippen LogP contribution >= 0.6 is 0 Å². The third-order valence-electron chi connectivity index (χ3n) is 3.91. The van der Waals surface area contributed by atoms with Crippen molar-refractivity contribution in [2.45, 2.75) is 13.8 Å². The Balaban J connectivity index is 1.81. The highest BCUT2D eigenvalue weighted by molar-refractivity contribution is 5.85. The summed E-state index contributed by atoms with van der Waals surface area (Å²) in [6.45, 7) is 3.76. The largest absolute Gasteiger partial charge is 0.256 e. The van der Waals surface area contributed by atoms with E-state index in [9.17, 15) is 0 Å². The fraction of sp³-hybridized carbons (Fsp3) is 0.100. The Kier molecular flexibility index (Phi) is 3.50. The molecule has 0 saturated heterocycles. The molecule has 0 N–H and O–H groups in total. The Morgan fingerprint density at radius 3 is 2.17 bits per heavy atom. The highest BCUT2D eigenvalue weighted by atomic mass is 15.0. The van der Waals surface area contributed by atoms with Crippen LogP contribution in [0.5, 0.6) is 0 Å². The van der Waals surface area contributed by atoms with Crippen LogP contribution in [-0.4, -0.2) is 19.9 Å². The molecule has 0 aliphatic carbocycles. The molecule has 4 aromatic rings. The molecule has 0 bridgehead atoms.